The summed E-state index contributed by atoms with van der Waals surface area (Å²) in [6, 6.07) is 0. The molecule has 0 heteroatoms. The molecule has 0 amide bonds. The fourth-order valence-corrected chi connectivity index (χ4v) is 0.594. The lowest BCUT2D eigenvalue weighted by Crippen LogP contribution is -1.78. The van der Waals surface area contributed by atoms with Crippen LogP contribution in [0.3, 0.4) is 0 Å². The molecule has 0 heterocycles. The van der Waals surface area contributed by atoms with Gasteiger partial charge in [0.25, 0.3) is 0 Å². The second-order valence-corrected chi connectivity index (χ2v) is 4.16. The van der Waals surface area contributed by atoms with Crippen LogP contribution in [0.5, 0.6) is 0 Å². The zero-order valence-corrected chi connectivity index (χ0v) is 10.2. The van der Waals surface area contributed by atoms with E-state index >= 15 is 0 Å². The van der Waals surface area contributed by atoms with Crippen molar-refractivity contribution in [2.75, 3.05) is 0 Å². The van der Waals surface area contributed by atoms with Gasteiger partial charge < -0.3 is 0 Å². The van der Waals surface area contributed by atoms with Gasteiger partial charge in [0.2, 0.25) is 0 Å². The van der Waals surface area contributed by atoms with E-state index in [0.717, 1.165) is 5.92 Å². The van der Waals surface area contributed by atoms with Crippen LogP contribution in [0.1, 0.15) is 48.0 Å². The van der Waals surface area contributed by atoms with Crippen molar-refractivity contribution in [1.82, 2.24) is 0 Å². The van der Waals surface area contributed by atoms with Crippen LogP contribution in [0.4, 0.5) is 0 Å². The van der Waals surface area contributed by atoms with Gasteiger partial charge in [-0.2, -0.15) is 0 Å². The second-order valence-electron chi connectivity index (χ2n) is 4.16. The standard InChI is InChI=1S/C8H14.C5H12/c1-5-8(4)6-7(2)3;1-4-5(2)3/h5-7H,1H2,2-4H3;5H,4H2,1-3H3/b8-6-;. The molecule has 0 aromatic rings. The van der Waals surface area contributed by atoms with E-state index in [1.54, 1.807) is 0 Å². The maximum atomic E-state index is 3.65. The SMILES string of the molecule is C=C/C(C)=C\C(C)C.CCC(C)C. The van der Waals surface area contributed by atoms with Crippen LogP contribution in [-0.2, 0) is 0 Å². The molecule has 0 rings (SSSR count). The highest BCUT2D eigenvalue weighted by Crippen LogP contribution is 2.00. The Balaban J connectivity index is 0. The van der Waals surface area contributed by atoms with Gasteiger partial charge in [0.15, 0.2) is 0 Å². The lowest BCUT2D eigenvalue weighted by molar-refractivity contribution is 0.626. The van der Waals surface area contributed by atoms with Crippen LogP contribution in [0.2, 0.25) is 0 Å². The van der Waals surface area contributed by atoms with Crippen molar-refractivity contribution in [1.29, 1.82) is 0 Å². The van der Waals surface area contributed by atoms with Gasteiger partial charge in [0, 0.05) is 0 Å². The molecule has 0 fully saturated rings. The highest BCUT2D eigenvalue weighted by molar-refractivity contribution is 5.13. The van der Waals surface area contributed by atoms with Gasteiger partial charge in [-0.05, 0) is 18.8 Å². The first-order chi connectivity index (χ1) is 5.93. The van der Waals surface area contributed by atoms with Crippen molar-refractivity contribution in [3.63, 3.8) is 0 Å². The summed E-state index contributed by atoms with van der Waals surface area (Å²) in [5.74, 6) is 1.53. The van der Waals surface area contributed by atoms with Gasteiger partial charge in [0.1, 0.15) is 0 Å². The van der Waals surface area contributed by atoms with Gasteiger partial charge in [-0.3, -0.25) is 0 Å². The Morgan fingerprint density at radius 2 is 1.62 bits per heavy atom. The summed E-state index contributed by atoms with van der Waals surface area (Å²) in [6.07, 6.45) is 5.37. The van der Waals surface area contributed by atoms with Crippen LogP contribution >= 0.6 is 0 Å². The predicted octanol–water partition coefficient (Wildman–Crippen LogP) is 4.83. The summed E-state index contributed by atoms with van der Waals surface area (Å²) >= 11 is 0. The Labute approximate surface area is 84.7 Å². The molecule has 78 valence electrons. The van der Waals surface area contributed by atoms with Crippen LogP contribution in [0.15, 0.2) is 24.3 Å². The Kier molecular flexibility index (Phi) is 11.0. The molecule has 0 aromatic carbocycles. The first-order valence-electron chi connectivity index (χ1n) is 5.24. The molecule has 0 N–H and O–H groups in total. The van der Waals surface area contributed by atoms with E-state index in [4.69, 9.17) is 0 Å². The Morgan fingerprint density at radius 1 is 1.23 bits per heavy atom. The number of allylic oxidation sites excluding steroid dienone is 3. The highest BCUT2D eigenvalue weighted by Gasteiger charge is 1.84. The lowest BCUT2D eigenvalue weighted by Gasteiger charge is -1.94. The van der Waals surface area contributed by atoms with Crippen molar-refractivity contribution in [2.24, 2.45) is 11.8 Å². The van der Waals surface area contributed by atoms with E-state index in [0.29, 0.717) is 5.92 Å². The Hall–Kier alpha value is -0.520. The third-order valence-corrected chi connectivity index (χ3v) is 1.73. The molecule has 0 saturated heterocycles. The Bertz CT molecular complexity index is 138. The summed E-state index contributed by atoms with van der Waals surface area (Å²) in [4.78, 5) is 0. The molecule has 13 heavy (non-hydrogen) atoms. The zero-order valence-electron chi connectivity index (χ0n) is 10.2. The molecule has 0 radical (unpaired) electrons. The molecule has 0 aromatic heterocycles. The van der Waals surface area contributed by atoms with E-state index in [1.807, 2.05) is 6.08 Å². The number of hydrogen-bond acceptors (Lipinski definition) is 0. The largest absolute Gasteiger partial charge is 0.0988 e. The van der Waals surface area contributed by atoms with E-state index in [9.17, 15) is 0 Å². The molecule has 0 atom stereocenters. The van der Waals surface area contributed by atoms with Gasteiger partial charge >= 0.3 is 0 Å². The first kappa shape index (κ1) is 15.0. The molecule has 0 aliphatic rings. The van der Waals surface area contributed by atoms with Gasteiger partial charge in [-0.25, -0.2) is 0 Å². The molecule has 0 bridgehead atoms. The fourth-order valence-electron chi connectivity index (χ4n) is 0.594. The van der Waals surface area contributed by atoms with Crippen molar-refractivity contribution in [3.05, 3.63) is 24.3 Å². The maximum absolute atomic E-state index is 3.65. The normalized spacial score (nSPS) is 11.2. The van der Waals surface area contributed by atoms with E-state index < -0.39 is 0 Å². The van der Waals surface area contributed by atoms with E-state index in [1.165, 1.54) is 12.0 Å². The second kappa shape index (κ2) is 9.57. The lowest BCUT2D eigenvalue weighted by atomic mass is 10.1. The summed E-state index contributed by atoms with van der Waals surface area (Å²) in [5.41, 5.74) is 1.26. The van der Waals surface area contributed by atoms with Crippen LogP contribution < -0.4 is 0 Å². The molecular formula is C13H26. The third-order valence-electron chi connectivity index (χ3n) is 1.73. The summed E-state index contributed by atoms with van der Waals surface area (Å²) < 4.78 is 0. The van der Waals surface area contributed by atoms with E-state index in [-0.39, 0.29) is 0 Å². The summed E-state index contributed by atoms with van der Waals surface area (Å²) in [7, 11) is 0. The Morgan fingerprint density at radius 3 is 1.69 bits per heavy atom. The van der Waals surface area contributed by atoms with Gasteiger partial charge in [-0.15, -0.1) is 0 Å². The molecule has 0 unspecified atom stereocenters. The number of rotatable bonds is 3. The van der Waals surface area contributed by atoms with Crippen molar-refractivity contribution < 1.29 is 0 Å². The smallest absolute Gasteiger partial charge is 0.0285 e. The van der Waals surface area contributed by atoms with Crippen molar-refractivity contribution >= 4 is 0 Å². The van der Waals surface area contributed by atoms with E-state index in [2.05, 4.69) is 54.2 Å². The quantitative estimate of drug-likeness (QED) is 0.548. The van der Waals surface area contributed by atoms with Crippen molar-refractivity contribution in [2.45, 2.75) is 48.0 Å². The average Bonchev–Trinajstić information content (AvgIpc) is 2.04. The van der Waals surface area contributed by atoms with Crippen LogP contribution in [0, 0.1) is 11.8 Å². The minimum absolute atomic E-state index is 0.646. The number of hydrogen-bond donors (Lipinski definition) is 0. The van der Waals surface area contributed by atoms with Crippen LogP contribution in [0.25, 0.3) is 0 Å². The highest BCUT2D eigenvalue weighted by atomic mass is 13.9. The molecule has 0 saturated carbocycles. The summed E-state index contributed by atoms with van der Waals surface area (Å²) in [6.45, 7) is 16.7. The third kappa shape index (κ3) is 18.4. The minimum atomic E-state index is 0.646. The monoisotopic (exact) mass is 182 g/mol. The average molecular weight is 182 g/mol. The molecule has 0 nitrogen and oxygen atoms in total. The predicted molar refractivity (Wildman–Crippen MR) is 63.9 cm³/mol. The first-order valence-corrected chi connectivity index (χ1v) is 5.24. The minimum Gasteiger partial charge on any atom is -0.0988 e. The summed E-state index contributed by atoms with van der Waals surface area (Å²) in [5, 5.41) is 0. The molecular weight excluding hydrogens is 156 g/mol. The molecule has 0 aliphatic carbocycles. The van der Waals surface area contributed by atoms with Gasteiger partial charge in [0.05, 0.1) is 0 Å². The topological polar surface area (TPSA) is 0 Å². The van der Waals surface area contributed by atoms with Gasteiger partial charge in [-0.1, -0.05) is 65.3 Å². The molecule has 0 aliphatic heterocycles. The van der Waals surface area contributed by atoms with Crippen molar-refractivity contribution in [3.8, 4) is 0 Å². The molecule has 0 spiro atoms. The maximum Gasteiger partial charge on any atom is -0.0285 e. The zero-order chi connectivity index (χ0) is 10.9. The van der Waals surface area contributed by atoms with Crippen LogP contribution in [-0.4, -0.2) is 0 Å². The fraction of sp³-hybridized carbons (Fsp3) is 0.692.